The first-order chi connectivity index (χ1) is 57.8. The van der Waals surface area contributed by atoms with E-state index < -0.39 is 21.7 Å². The minimum atomic E-state index is -0.763. The SMILES string of the molecule is CC1(C)c2cc(N(c3ccc4c(c3)C(C)(C)c3c5c(c6oc7ccccc7c6c3-4)-c3ccccc3C5(C)C)c3ccc4c(c3)C3(c5ccccc5-c5ccccc53)c3cc5c(cc3-4)C3(c4ccccc4-c4ccccc43)c3ccc4oc6ccccc6c4c3-5)ccc2-c2c1cc(-c1ccc3oc4ccccc4c3c1)c1oc3ccccc3c21. The molecule has 0 fully saturated rings. The van der Waals surface area contributed by atoms with E-state index in [-0.39, 0.29) is 5.41 Å². The van der Waals surface area contributed by atoms with E-state index in [0.29, 0.717) is 0 Å². The summed E-state index contributed by atoms with van der Waals surface area (Å²) in [6.07, 6.45) is 0. The zero-order valence-corrected chi connectivity index (χ0v) is 65.7. The van der Waals surface area contributed by atoms with Crippen LogP contribution in [-0.2, 0) is 27.1 Å². The van der Waals surface area contributed by atoms with Gasteiger partial charge < -0.3 is 22.6 Å². The molecular formula is C113H71NO4. The molecule has 4 aromatic heterocycles. The fraction of sp³-hybridized carbons (Fsp3) is 0.0973. The van der Waals surface area contributed by atoms with Crippen molar-refractivity contribution in [3.05, 3.63) is 399 Å². The second-order valence-electron chi connectivity index (χ2n) is 35.8. The molecular weight excluding hydrogens is 1440 g/mol. The number of fused-ring (bicyclic) bond motifs is 46. The van der Waals surface area contributed by atoms with E-state index in [0.717, 1.165) is 111 Å². The van der Waals surface area contributed by atoms with Crippen molar-refractivity contribution in [2.45, 2.75) is 68.6 Å². The van der Waals surface area contributed by atoms with Gasteiger partial charge in [-0.3, -0.25) is 0 Å². The molecule has 5 heteroatoms. The average molecular weight is 1510 g/mol. The number of hydrogen-bond acceptors (Lipinski definition) is 5. The number of para-hydroxylation sites is 4. The number of benzene rings is 17. The van der Waals surface area contributed by atoms with Crippen molar-refractivity contribution in [3.8, 4) is 89.0 Å². The van der Waals surface area contributed by atoms with E-state index in [1.165, 1.54) is 161 Å². The van der Waals surface area contributed by atoms with Crippen molar-refractivity contribution >= 4 is 105 Å². The van der Waals surface area contributed by atoms with Crippen LogP contribution in [-0.4, -0.2) is 0 Å². The summed E-state index contributed by atoms with van der Waals surface area (Å²) in [5, 5.41) is 9.05. The Labute approximate surface area is 679 Å². The highest BCUT2D eigenvalue weighted by Gasteiger charge is 2.58. The van der Waals surface area contributed by atoms with Gasteiger partial charge in [-0.05, 0) is 253 Å². The normalized spacial score (nSPS) is 15.7. The van der Waals surface area contributed by atoms with Crippen LogP contribution >= 0.6 is 0 Å². The number of nitrogens with zero attached hydrogens (tertiary/aromatic N) is 1. The maximum atomic E-state index is 7.25. The van der Waals surface area contributed by atoms with Crippen LogP contribution in [0.2, 0.25) is 0 Å². The highest BCUT2D eigenvalue weighted by atomic mass is 16.3. The first-order valence-corrected chi connectivity index (χ1v) is 41.6. The lowest BCUT2D eigenvalue weighted by Gasteiger charge is -2.33. The van der Waals surface area contributed by atoms with E-state index in [2.05, 4.69) is 362 Å². The highest BCUT2D eigenvalue weighted by molar-refractivity contribution is 6.23. The molecule has 2 spiro atoms. The van der Waals surface area contributed by atoms with Crippen LogP contribution in [0.25, 0.3) is 177 Å². The fourth-order valence-electron chi connectivity index (χ4n) is 24.6. The van der Waals surface area contributed by atoms with Gasteiger partial charge in [0.25, 0.3) is 0 Å². The molecule has 118 heavy (non-hydrogen) atoms. The molecule has 7 aliphatic rings. The number of hydrogen-bond donors (Lipinski definition) is 0. The van der Waals surface area contributed by atoms with Crippen molar-refractivity contribution in [3.63, 3.8) is 0 Å². The number of rotatable bonds is 4. The second kappa shape index (κ2) is 21.4. The summed E-state index contributed by atoms with van der Waals surface area (Å²) in [6.45, 7) is 14.7. The van der Waals surface area contributed by atoms with Gasteiger partial charge in [0.15, 0.2) is 0 Å². The summed E-state index contributed by atoms with van der Waals surface area (Å²) in [5.74, 6) is 0. The summed E-state index contributed by atoms with van der Waals surface area (Å²) >= 11 is 0. The molecule has 552 valence electrons. The van der Waals surface area contributed by atoms with Gasteiger partial charge >= 0.3 is 0 Å². The third-order valence-corrected chi connectivity index (χ3v) is 29.4. The number of anilines is 3. The van der Waals surface area contributed by atoms with Gasteiger partial charge in [0.2, 0.25) is 0 Å². The summed E-state index contributed by atoms with van der Waals surface area (Å²) in [6, 6.07) is 122. The van der Waals surface area contributed by atoms with E-state index in [1.807, 2.05) is 6.07 Å². The Hall–Kier alpha value is -14.3. The fourth-order valence-corrected chi connectivity index (χ4v) is 24.6. The standard InChI is InChI=1S/C113H71NO4/c1-109(2)86-54-61(45-48-71(86)98-91(109)57-76(107-102(98)74-32-14-23-41-94(74)117-107)60-43-51-96-78(53-60)69-29-12-21-39-92(69)115-96)114(62-46-49-72-87(55-62)111(5,6)105-101(72)103-75-33-15-24-42-95(75)118-108(103)104-70-30-11-16-34-80(70)110(3,4)106(104)105)63-44-47-68-77-58-90-79(59-89(77)113(88(68)56-63)83-37-19-9-27-66(83)67-28-10-20-38-84(67)113)99-85(50-52-97-100(99)73-31-13-22-40-93(73)116-97)112(90)81-35-17-7-25-64(81)65-26-8-18-36-82(65)112/h7-59H,1-6H3. The van der Waals surface area contributed by atoms with Crippen molar-refractivity contribution in [2.75, 3.05) is 4.90 Å². The third kappa shape index (κ3) is 7.39. The topological polar surface area (TPSA) is 55.8 Å². The van der Waals surface area contributed by atoms with Gasteiger partial charge in [-0.2, -0.15) is 0 Å². The summed E-state index contributed by atoms with van der Waals surface area (Å²) in [5.41, 5.74) is 45.6. The Morgan fingerprint density at radius 3 is 1.20 bits per heavy atom. The van der Waals surface area contributed by atoms with Crippen molar-refractivity contribution in [2.24, 2.45) is 0 Å². The molecule has 0 N–H and O–H groups in total. The van der Waals surface area contributed by atoms with Crippen LogP contribution in [0.1, 0.15) is 119 Å². The minimum absolute atomic E-state index is 0.324. The van der Waals surface area contributed by atoms with Gasteiger partial charge in [0.05, 0.1) is 10.8 Å². The van der Waals surface area contributed by atoms with Gasteiger partial charge in [0.1, 0.15) is 44.7 Å². The van der Waals surface area contributed by atoms with Crippen LogP contribution in [0.15, 0.2) is 339 Å². The first kappa shape index (κ1) is 64.1. The maximum Gasteiger partial charge on any atom is 0.144 e. The number of furan rings is 4. The summed E-state index contributed by atoms with van der Waals surface area (Å²) in [4.78, 5) is 2.62. The summed E-state index contributed by atoms with van der Waals surface area (Å²) < 4.78 is 27.9. The Kier molecular flexibility index (Phi) is 11.6. The Morgan fingerprint density at radius 1 is 0.203 bits per heavy atom. The molecule has 17 aromatic carbocycles. The third-order valence-electron chi connectivity index (χ3n) is 29.4. The zero-order chi connectivity index (χ0) is 77.7. The average Bonchev–Trinajstić information content (AvgIpc) is 1.48. The lowest BCUT2D eigenvalue weighted by atomic mass is 9.68. The Bertz CT molecular complexity index is 8230. The predicted molar refractivity (Wildman–Crippen MR) is 481 cm³/mol. The molecule has 4 heterocycles. The van der Waals surface area contributed by atoms with Gasteiger partial charge in [-0.15, -0.1) is 0 Å². The molecule has 0 atom stereocenters. The maximum absolute atomic E-state index is 7.25. The quantitative estimate of drug-likeness (QED) is 0.176. The van der Waals surface area contributed by atoms with E-state index >= 15 is 0 Å². The van der Waals surface area contributed by atoms with Crippen LogP contribution < -0.4 is 4.90 Å². The highest BCUT2D eigenvalue weighted by Crippen LogP contribution is 2.71. The van der Waals surface area contributed by atoms with Crippen molar-refractivity contribution in [1.82, 2.24) is 0 Å². The molecule has 0 unspecified atom stereocenters. The van der Waals surface area contributed by atoms with Gasteiger partial charge in [-0.1, -0.05) is 266 Å². The van der Waals surface area contributed by atoms with Crippen LogP contribution in [0.4, 0.5) is 17.1 Å². The summed E-state index contributed by atoms with van der Waals surface area (Å²) in [7, 11) is 0. The molecule has 0 aliphatic heterocycles. The van der Waals surface area contributed by atoms with Gasteiger partial charge in [-0.25, -0.2) is 0 Å². The lowest BCUT2D eigenvalue weighted by molar-refractivity contribution is 0.600. The Balaban J connectivity index is 0.710. The molecule has 5 nitrogen and oxygen atoms in total. The van der Waals surface area contributed by atoms with E-state index in [1.54, 1.807) is 0 Å². The first-order valence-electron chi connectivity index (χ1n) is 41.6. The smallest absolute Gasteiger partial charge is 0.144 e. The van der Waals surface area contributed by atoms with E-state index in [4.69, 9.17) is 17.7 Å². The molecule has 0 amide bonds. The van der Waals surface area contributed by atoms with Crippen molar-refractivity contribution in [1.29, 1.82) is 0 Å². The van der Waals surface area contributed by atoms with Crippen LogP contribution in [0, 0.1) is 0 Å². The molecule has 0 radical (unpaired) electrons. The Morgan fingerprint density at radius 2 is 0.585 bits per heavy atom. The molecule has 28 rings (SSSR count). The molecule has 0 bridgehead atoms. The van der Waals surface area contributed by atoms with Crippen LogP contribution in [0.3, 0.4) is 0 Å². The molecule has 0 saturated carbocycles. The van der Waals surface area contributed by atoms with Crippen LogP contribution in [0.5, 0.6) is 0 Å². The van der Waals surface area contributed by atoms with Gasteiger partial charge in [0, 0.05) is 87.5 Å². The predicted octanol–water partition coefficient (Wildman–Crippen LogP) is 30.0. The molecule has 21 aromatic rings. The molecule has 0 saturated heterocycles. The van der Waals surface area contributed by atoms with Crippen molar-refractivity contribution < 1.29 is 17.7 Å². The second-order valence-corrected chi connectivity index (χ2v) is 35.8. The van der Waals surface area contributed by atoms with E-state index in [9.17, 15) is 0 Å². The monoisotopic (exact) mass is 1510 g/mol. The minimum Gasteiger partial charge on any atom is -0.456 e. The largest absolute Gasteiger partial charge is 0.456 e. The molecule has 7 aliphatic carbocycles. The zero-order valence-electron chi connectivity index (χ0n) is 65.7. The lowest BCUT2D eigenvalue weighted by Crippen LogP contribution is -2.27.